The lowest BCUT2D eigenvalue weighted by Gasteiger charge is -2.47. The van der Waals surface area contributed by atoms with E-state index in [1.54, 1.807) is 25.1 Å². The number of phenols is 1. The number of carbonyl (C=O) groups is 5. The van der Waals surface area contributed by atoms with E-state index in [0.29, 0.717) is 11.3 Å². The second kappa shape index (κ2) is 8.59. The molecule has 0 spiro atoms. The van der Waals surface area contributed by atoms with Crippen molar-refractivity contribution in [2.24, 2.45) is 17.6 Å². The molecule has 0 fully saturated rings. The highest BCUT2D eigenvalue weighted by atomic mass is 16.6. The summed E-state index contributed by atoms with van der Waals surface area (Å²) in [6.07, 6.45) is 0.0578. The Morgan fingerprint density at radius 3 is 2.28 bits per heavy atom. The van der Waals surface area contributed by atoms with Gasteiger partial charge in [0.1, 0.15) is 17.1 Å². The number of esters is 2. The van der Waals surface area contributed by atoms with Crippen LogP contribution in [0.3, 0.4) is 0 Å². The number of nitrogens with zero attached hydrogens (tertiary/aromatic N) is 1. The number of benzene rings is 1. The van der Waals surface area contributed by atoms with Crippen molar-refractivity contribution >= 4 is 35.1 Å². The highest BCUT2D eigenvalue weighted by Gasteiger charge is 2.61. The lowest BCUT2D eigenvalue weighted by molar-refractivity contribution is -0.154. The van der Waals surface area contributed by atoms with Crippen LogP contribution in [0.25, 0.3) is 0 Å². The number of anilines is 1. The number of phenolic OH excluding ortho intramolecular Hbond substituents is 1. The van der Waals surface area contributed by atoms with Gasteiger partial charge in [0.2, 0.25) is 5.78 Å². The zero-order valence-electron chi connectivity index (χ0n) is 20.2. The molecule has 0 unspecified atom stereocenters. The van der Waals surface area contributed by atoms with Crippen LogP contribution < -0.4 is 10.6 Å². The van der Waals surface area contributed by atoms with Crippen LogP contribution in [-0.2, 0) is 35.1 Å². The summed E-state index contributed by atoms with van der Waals surface area (Å²) in [4.78, 5) is 65.0. The molecule has 11 nitrogen and oxygen atoms in total. The van der Waals surface area contributed by atoms with Crippen LogP contribution in [0.1, 0.15) is 42.6 Å². The first-order valence-electron chi connectivity index (χ1n) is 11.3. The van der Waals surface area contributed by atoms with Gasteiger partial charge in [0, 0.05) is 51.5 Å². The maximum Gasteiger partial charge on any atom is 0.307 e. The first-order chi connectivity index (χ1) is 16.8. The third kappa shape index (κ3) is 3.67. The Hall–Kier alpha value is -3.99. The van der Waals surface area contributed by atoms with Crippen LogP contribution in [-0.4, -0.2) is 59.3 Å². The van der Waals surface area contributed by atoms with Gasteiger partial charge in [-0.3, -0.25) is 24.0 Å². The quantitative estimate of drug-likeness (QED) is 0.395. The first-order valence-corrected chi connectivity index (χ1v) is 11.3. The van der Waals surface area contributed by atoms with Gasteiger partial charge in [-0.1, -0.05) is 0 Å². The standard InChI is InChI=1S/C25H26N2O9/c1-10(28)35-17-9-13-7-12-8-14-15(27(3)4)5-6-16(30)19(14)21(31)18(12)23(36-11(2)29)25(13,34)22(32)20(17)24(26)33/h5-6,12-13,30,34H,7-9H2,1-4H3,(H2,26,33)/t12-,13+,25-/m1/s1. The number of ketones is 2. The number of amides is 1. The lowest BCUT2D eigenvalue weighted by Crippen LogP contribution is -2.58. The largest absolute Gasteiger partial charge is 0.507 e. The topological polar surface area (TPSA) is 174 Å². The molecule has 0 bridgehead atoms. The molecule has 11 heteroatoms. The smallest absolute Gasteiger partial charge is 0.307 e. The van der Waals surface area contributed by atoms with Gasteiger partial charge in [-0.2, -0.15) is 0 Å². The molecule has 1 aromatic rings. The maximum absolute atomic E-state index is 13.8. The van der Waals surface area contributed by atoms with Gasteiger partial charge >= 0.3 is 11.9 Å². The first kappa shape index (κ1) is 25.1. The van der Waals surface area contributed by atoms with Crippen LogP contribution in [0.5, 0.6) is 5.75 Å². The zero-order valence-corrected chi connectivity index (χ0v) is 20.2. The zero-order chi connectivity index (χ0) is 26.7. The van der Waals surface area contributed by atoms with Gasteiger partial charge in [-0.15, -0.1) is 0 Å². The summed E-state index contributed by atoms with van der Waals surface area (Å²) >= 11 is 0. The fourth-order valence-corrected chi connectivity index (χ4v) is 5.52. The van der Waals surface area contributed by atoms with Crippen LogP contribution in [0.2, 0.25) is 0 Å². The number of allylic oxidation sites excluding steroid dienone is 2. The molecule has 0 aliphatic heterocycles. The molecule has 3 atom stereocenters. The van der Waals surface area contributed by atoms with E-state index in [1.165, 1.54) is 6.07 Å². The van der Waals surface area contributed by atoms with Gasteiger partial charge in [0.15, 0.2) is 17.1 Å². The van der Waals surface area contributed by atoms with Crippen LogP contribution in [0.4, 0.5) is 5.69 Å². The van der Waals surface area contributed by atoms with Gasteiger partial charge in [0.25, 0.3) is 5.91 Å². The molecule has 3 aliphatic rings. The second-order valence-corrected chi connectivity index (χ2v) is 9.41. The summed E-state index contributed by atoms with van der Waals surface area (Å²) in [5.41, 5.74) is 3.18. The molecule has 0 radical (unpaired) electrons. The van der Waals surface area contributed by atoms with Crippen molar-refractivity contribution in [1.82, 2.24) is 0 Å². The summed E-state index contributed by atoms with van der Waals surface area (Å²) in [7, 11) is 3.57. The Morgan fingerprint density at radius 2 is 1.72 bits per heavy atom. The molecule has 4 N–H and O–H groups in total. The van der Waals surface area contributed by atoms with Crippen molar-refractivity contribution in [2.75, 3.05) is 19.0 Å². The molecule has 1 aromatic carbocycles. The maximum atomic E-state index is 13.8. The van der Waals surface area contributed by atoms with E-state index in [1.807, 2.05) is 0 Å². The minimum atomic E-state index is -2.59. The van der Waals surface area contributed by atoms with E-state index in [0.717, 1.165) is 13.8 Å². The number of nitrogens with two attached hydrogens (primary N) is 1. The Bertz CT molecular complexity index is 1310. The predicted octanol–water partition coefficient (Wildman–Crippen LogP) is 0.657. The predicted molar refractivity (Wildman–Crippen MR) is 123 cm³/mol. The highest BCUT2D eigenvalue weighted by molar-refractivity contribution is 6.25. The number of carbonyl (C=O) groups excluding carboxylic acids is 5. The molecular weight excluding hydrogens is 472 g/mol. The molecule has 1 amide bonds. The molecule has 190 valence electrons. The number of aliphatic hydroxyl groups is 1. The second-order valence-electron chi connectivity index (χ2n) is 9.41. The van der Waals surface area contributed by atoms with Crippen molar-refractivity contribution in [2.45, 2.75) is 38.7 Å². The number of fused-ring (bicyclic) bond motifs is 3. The summed E-state index contributed by atoms with van der Waals surface area (Å²) < 4.78 is 10.4. The number of aromatic hydroxyl groups is 1. The fraction of sp³-hybridized carbons (Fsp3) is 0.400. The van der Waals surface area contributed by atoms with Crippen molar-refractivity contribution in [3.05, 3.63) is 45.9 Å². The average Bonchev–Trinajstić information content (AvgIpc) is 2.74. The number of ether oxygens (including phenoxy) is 2. The molecule has 36 heavy (non-hydrogen) atoms. The third-order valence-corrected chi connectivity index (χ3v) is 6.87. The van der Waals surface area contributed by atoms with Crippen molar-refractivity contribution in [3.63, 3.8) is 0 Å². The molecule has 0 aromatic heterocycles. The van der Waals surface area contributed by atoms with Crippen LogP contribution in [0, 0.1) is 11.8 Å². The van der Waals surface area contributed by atoms with E-state index in [-0.39, 0.29) is 41.9 Å². The Balaban J connectivity index is 1.99. The Labute approximate surface area is 206 Å². The van der Waals surface area contributed by atoms with E-state index in [2.05, 4.69) is 0 Å². The SMILES string of the molecule is CC(=O)OC1=C(C(N)=O)C(=O)[C@@]2(O)C(OC(C)=O)=C3C(=O)c4c(O)ccc(N(C)C)c4C[C@H]3C[C@H]2C1. The van der Waals surface area contributed by atoms with Crippen molar-refractivity contribution < 1.29 is 43.7 Å². The molecule has 4 rings (SSSR count). The number of primary amides is 1. The summed E-state index contributed by atoms with van der Waals surface area (Å²) in [6, 6.07) is 3.04. The van der Waals surface area contributed by atoms with E-state index >= 15 is 0 Å². The monoisotopic (exact) mass is 498 g/mol. The number of Topliss-reactive ketones (excluding diaryl/α,β-unsaturated/α-hetero) is 2. The van der Waals surface area contributed by atoms with Gasteiger partial charge in [-0.05, 0) is 36.5 Å². The van der Waals surface area contributed by atoms with E-state index in [9.17, 15) is 34.2 Å². The summed E-state index contributed by atoms with van der Waals surface area (Å²) in [5, 5.41) is 22.3. The van der Waals surface area contributed by atoms with Crippen LogP contribution in [0.15, 0.2) is 34.8 Å². The van der Waals surface area contributed by atoms with Crippen LogP contribution >= 0.6 is 0 Å². The number of hydrogen-bond donors (Lipinski definition) is 3. The highest BCUT2D eigenvalue weighted by Crippen LogP contribution is 2.53. The van der Waals surface area contributed by atoms with Crippen molar-refractivity contribution in [1.29, 1.82) is 0 Å². The minimum absolute atomic E-state index is 0.0197. The van der Waals surface area contributed by atoms with Gasteiger partial charge in [0.05, 0.1) is 5.56 Å². The molecule has 0 heterocycles. The molecule has 0 saturated carbocycles. The Kier molecular flexibility index (Phi) is 5.99. The number of hydrogen-bond acceptors (Lipinski definition) is 10. The Morgan fingerprint density at radius 1 is 1.08 bits per heavy atom. The van der Waals surface area contributed by atoms with E-state index < -0.39 is 58.2 Å². The van der Waals surface area contributed by atoms with Crippen molar-refractivity contribution in [3.8, 4) is 5.75 Å². The number of rotatable bonds is 4. The van der Waals surface area contributed by atoms with Gasteiger partial charge in [-0.25, -0.2) is 0 Å². The molecule has 3 aliphatic carbocycles. The minimum Gasteiger partial charge on any atom is -0.507 e. The molecule has 0 saturated heterocycles. The molecular formula is C25H26N2O9. The third-order valence-electron chi connectivity index (χ3n) is 6.87. The summed E-state index contributed by atoms with van der Waals surface area (Å²) in [6.45, 7) is 2.13. The van der Waals surface area contributed by atoms with Gasteiger partial charge < -0.3 is 30.3 Å². The average molecular weight is 498 g/mol. The lowest BCUT2D eigenvalue weighted by atomic mass is 9.60. The van der Waals surface area contributed by atoms with E-state index in [4.69, 9.17) is 15.2 Å². The normalized spacial score (nSPS) is 25.0. The summed E-state index contributed by atoms with van der Waals surface area (Å²) in [5.74, 6) is -7.64. The fourth-order valence-electron chi connectivity index (χ4n) is 5.52.